The second-order valence-corrected chi connectivity index (χ2v) is 3.86. The van der Waals surface area contributed by atoms with Crippen LogP contribution in [0.2, 0.25) is 0 Å². The molecule has 0 spiro atoms. The lowest BCUT2D eigenvalue weighted by atomic mass is 10.1. The van der Waals surface area contributed by atoms with Crippen molar-refractivity contribution in [3.63, 3.8) is 0 Å². The fourth-order valence-electron chi connectivity index (χ4n) is 1.33. The van der Waals surface area contributed by atoms with Crippen LogP contribution in [0.5, 0.6) is 0 Å². The summed E-state index contributed by atoms with van der Waals surface area (Å²) in [6.45, 7) is 1.52. The van der Waals surface area contributed by atoms with E-state index in [4.69, 9.17) is 5.26 Å². The van der Waals surface area contributed by atoms with Gasteiger partial charge in [0.15, 0.2) is 0 Å². The van der Waals surface area contributed by atoms with E-state index in [2.05, 4.69) is 26.0 Å². The number of nitrogens with one attached hydrogen (secondary N) is 3. The van der Waals surface area contributed by atoms with Gasteiger partial charge in [-0.25, -0.2) is 0 Å². The molecule has 3 N–H and O–H groups in total. The van der Waals surface area contributed by atoms with E-state index in [-0.39, 0.29) is 11.6 Å². The Morgan fingerprint density at radius 2 is 2.00 bits per heavy atom. The number of amides is 1. The van der Waals surface area contributed by atoms with Crippen molar-refractivity contribution in [2.24, 2.45) is 0 Å². The predicted octanol–water partition coefficient (Wildman–Crippen LogP) is 0.102. The van der Waals surface area contributed by atoms with E-state index in [1.807, 2.05) is 6.07 Å². The second-order valence-electron chi connectivity index (χ2n) is 3.86. The summed E-state index contributed by atoms with van der Waals surface area (Å²) < 4.78 is 0. The fourth-order valence-corrected chi connectivity index (χ4v) is 1.33. The molecule has 0 atom stereocenters. The van der Waals surface area contributed by atoms with Gasteiger partial charge in [-0.2, -0.15) is 5.26 Å². The average molecular weight is 270 g/mol. The monoisotopic (exact) mass is 270 g/mol. The number of benzene rings is 1. The molecule has 8 nitrogen and oxygen atoms in total. The third kappa shape index (κ3) is 2.97. The number of carbonyl (C=O) groups excluding carboxylic acids is 1. The molecular weight excluding hydrogens is 260 g/mol. The molecule has 0 fully saturated rings. The quantitative estimate of drug-likeness (QED) is 0.680. The minimum atomic E-state index is -0.433. The lowest BCUT2D eigenvalue weighted by Crippen LogP contribution is -2.31. The van der Waals surface area contributed by atoms with Gasteiger partial charge in [0.25, 0.3) is 11.5 Å². The summed E-state index contributed by atoms with van der Waals surface area (Å²) in [5.41, 5.74) is 5.46. The Kier molecular flexibility index (Phi) is 3.72. The maximum Gasteiger partial charge on any atom is 0.274 e. The van der Waals surface area contributed by atoms with Gasteiger partial charge in [0, 0.05) is 5.56 Å². The third-order valence-electron chi connectivity index (χ3n) is 2.43. The van der Waals surface area contributed by atoms with Crippen molar-refractivity contribution in [2.75, 3.05) is 5.43 Å². The molecule has 0 aliphatic rings. The molecule has 20 heavy (non-hydrogen) atoms. The lowest BCUT2D eigenvalue weighted by molar-refractivity contribution is 0.0962. The van der Waals surface area contributed by atoms with Crippen molar-refractivity contribution in [1.29, 1.82) is 5.26 Å². The number of aromatic amines is 1. The first-order valence-electron chi connectivity index (χ1n) is 5.60. The number of H-pyrrole nitrogens is 1. The van der Waals surface area contributed by atoms with Gasteiger partial charge in [0.05, 0.1) is 11.6 Å². The highest BCUT2D eigenvalue weighted by atomic mass is 16.2. The summed E-state index contributed by atoms with van der Waals surface area (Å²) in [4.78, 5) is 25.5. The van der Waals surface area contributed by atoms with Crippen LogP contribution in [-0.2, 0) is 0 Å². The van der Waals surface area contributed by atoms with E-state index in [0.717, 1.165) is 0 Å². The Morgan fingerprint density at radius 3 is 2.60 bits per heavy atom. The van der Waals surface area contributed by atoms with Crippen LogP contribution in [0.15, 0.2) is 29.1 Å². The molecule has 1 aromatic heterocycles. The van der Waals surface area contributed by atoms with Crippen molar-refractivity contribution in [3.8, 4) is 6.07 Å². The summed E-state index contributed by atoms with van der Waals surface area (Å²) in [6, 6.07) is 8.04. The normalized spacial score (nSPS) is 9.60. The predicted molar refractivity (Wildman–Crippen MR) is 69.6 cm³/mol. The first-order chi connectivity index (χ1) is 9.60. The van der Waals surface area contributed by atoms with E-state index in [0.29, 0.717) is 11.1 Å². The van der Waals surface area contributed by atoms with Crippen molar-refractivity contribution in [2.45, 2.75) is 6.92 Å². The maximum atomic E-state index is 11.8. The Balaban J connectivity index is 2.02. The second kappa shape index (κ2) is 5.62. The SMILES string of the molecule is Cc1nnc(NNC(=O)c2ccc(C#N)cc2)[nH]c1=O. The van der Waals surface area contributed by atoms with Crippen molar-refractivity contribution in [1.82, 2.24) is 20.6 Å². The molecule has 100 valence electrons. The van der Waals surface area contributed by atoms with Gasteiger partial charge in [-0.3, -0.25) is 25.4 Å². The Hall–Kier alpha value is -3.21. The molecule has 8 heteroatoms. The molecular formula is C12H10N6O2. The third-order valence-corrected chi connectivity index (χ3v) is 2.43. The highest BCUT2D eigenvalue weighted by Gasteiger charge is 2.06. The zero-order valence-corrected chi connectivity index (χ0v) is 10.5. The van der Waals surface area contributed by atoms with Crippen LogP contribution in [0.4, 0.5) is 5.95 Å². The van der Waals surface area contributed by atoms with Crippen LogP contribution in [0.25, 0.3) is 0 Å². The van der Waals surface area contributed by atoms with Crippen LogP contribution < -0.4 is 16.4 Å². The maximum absolute atomic E-state index is 11.8. The molecule has 0 aliphatic carbocycles. The average Bonchev–Trinajstić information content (AvgIpc) is 2.48. The van der Waals surface area contributed by atoms with Gasteiger partial charge in [-0.15, -0.1) is 10.2 Å². The molecule has 0 unspecified atom stereocenters. The smallest absolute Gasteiger partial charge is 0.274 e. The topological polar surface area (TPSA) is 124 Å². The first kappa shape index (κ1) is 13.2. The van der Waals surface area contributed by atoms with Gasteiger partial charge in [-0.1, -0.05) is 0 Å². The van der Waals surface area contributed by atoms with E-state index in [1.165, 1.54) is 31.2 Å². The number of aryl methyl sites for hydroxylation is 1. The summed E-state index contributed by atoms with van der Waals surface area (Å²) in [7, 11) is 0. The van der Waals surface area contributed by atoms with E-state index < -0.39 is 11.5 Å². The molecule has 2 rings (SSSR count). The Bertz CT molecular complexity index is 729. The molecule has 0 saturated heterocycles. The van der Waals surface area contributed by atoms with Crippen molar-refractivity contribution in [3.05, 3.63) is 51.4 Å². The van der Waals surface area contributed by atoms with Crippen LogP contribution in [0, 0.1) is 18.3 Å². The van der Waals surface area contributed by atoms with Gasteiger partial charge in [0.2, 0.25) is 5.95 Å². The first-order valence-corrected chi connectivity index (χ1v) is 5.60. The zero-order chi connectivity index (χ0) is 14.5. The number of anilines is 1. The minimum Gasteiger partial charge on any atom is -0.288 e. The molecule has 0 aliphatic heterocycles. The number of nitrogens with zero attached hydrogens (tertiary/aromatic N) is 3. The molecule has 1 amide bonds. The Morgan fingerprint density at radius 1 is 1.30 bits per heavy atom. The van der Waals surface area contributed by atoms with E-state index in [1.54, 1.807) is 0 Å². The summed E-state index contributed by atoms with van der Waals surface area (Å²) in [5, 5.41) is 15.9. The number of carbonyl (C=O) groups is 1. The molecule has 2 aromatic rings. The molecule has 1 aromatic carbocycles. The van der Waals surface area contributed by atoms with Crippen molar-refractivity contribution >= 4 is 11.9 Å². The van der Waals surface area contributed by atoms with E-state index in [9.17, 15) is 9.59 Å². The summed E-state index contributed by atoms with van der Waals surface area (Å²) in [5.74, 6) is -0.402. The largest absolute Gasteiger partial charge is 0.288 e. The molecule has 0 saturated carbocycles. The number of hydrazine groups is 1. The lowest BCUT2D eigenvalue weighted by Gasteiger charge is -2.06. The number of hydrogen-bond donors (Lipinski definition) is 3. The molecule has 0 bridgehead atoms. The van der Waals surface area contributed by atoms with Crippen LogP contribution in [0.1, 0.15) is 21.6 Å². The molecule has 1 heterocycles. The minimum absolute atomic E-state index is 0.0302. The highest BCUT2D eigenvalue weighted by Crippen LogP contribution is 2.03. The van der Waals surface area contributed by atoms with Crippen molar-refractivity contribution < 1.29 is 4.79 Å². The Labute approximate surface area is 113 Å². The summed E-state index contributed by atoms with van der Waals surface area (Å²) >= 11 is 0. The van der Waals surface area contributed by atoms with Gasteiger partial charge < -0.3 is 0 Å². The van der Waals surface area contributed by atoms with E-state index >= 15 is 0 Å². The standard InChI is InChI=1S/C12H10N6O2/c1-7-10(19)14-12(17-15-7)18-16-11(20)9-4-2-8(6-13)3-5-9/h2-5H,1H3,(H,16,20)(H2,14,17,18,19). The number of nitriles is 1. The van der Waals surface area contributed by atoms with Gasteiger partial charge in [-0.05, 0) is 31.2 Å². The van der Waals surface area contributed by atoms with Crippen LogP contribution >= 0.6 is 0 Å². The molecule has 0 radical (unpaired) electrons. The number of rotatable bonds is 3. The fraction of sp³-hybridized carbons (Fsp3) is 0.0833. The van der Waals surface area contributed by atoms with Crippen LogP contribution in [-0.4, -0.2) is 21.1 Å². The zero-order valence-electron chi connectivity index (χ0n) is 10.5. The van der Waals surface area contributed by atoms with Gasteiger partial charge >= 0.3 is 0 Å². The van der Waals surface area contributed by atoms with Gasteiger partial charge in [0.1, 0.15) is 5.69 Å². The number of aromatic nitrogens is 3. The van der Waals surface area contributed by atoms with Crippen LogP contribution in [0.3, 0.4) is 0 Å². The highest BCUT2D eigenvalue weighted by molar-refractivity contribution is 5.94. The summed E-state index contributed by atoms with van der Waals surface area (Å²) in [6.07, 6.45) is 0. The number of hydrogen-bond acceptors (Lipinski definition) is 6.